The number of hydrazine groups is 1. The van der Waals surface area contributed by atoms with Crippen LogP contribution in [-0.2, 0) is 30.7 Å². The summed E-state index contributed by atoms with van der Waals surface area (Å²) in [4.78, 5) is 13.1. The van der Waals surface area contributed by atoms with Gasteiger partial charge in [-0.15, -0.1) is 5.53 Å². The first-order chi connectivity index (χ1) is 15.7. The van der Waals surface area contributed by atoms with Crippen molar-refractivity contribution >= 4 is 26.2 Å². The van der Waals surface area contributed by atoms with Crippen molar-refractivity contribution in [3.05, 3.63) is 54.1 Å². The van der Waals surface area contributed by atoms with Gasteiger partial charge in [0.15, 0.2) is 15.4 Å². The number of hydroxylamine groups is 1. The molecule has 0 bridgehead atoms. The number of amides is 1. The molecule has 1 fully saturated rings. The van der Waals surface area contributed by atoms with Crippen LogP contribution in [-0.4, -0.2) is 59.0 Å². The van der Waals surface area contributed by atoms with Crippen LogP contribution in [0.5, 0.6) is 11.5 Å². The number of hydrogen-bond donors (Lipinski definition) is 3. The number of methoxy groups -OCH3 is 2. The number of benzene rings is 2. The molecule has 12 nitrogen and oxygen atoms in total. The van der Waals surface area contributed by atoms with Crippen LogP contribution in [0.25, 0.3) is 0 Å². The highest BCUT2D eigenvalue weighted by Gasteiger charge is 2.61. The number of hydrogen-bond acceptors (Lipinski definition) is 10. The third-order valence-corrected chi connectivity index (χ3v) is 7.97. The third kappa shape index (κ3) is 4.43. The molecule has 0 aliphatic carbocycles. The van der Waals surface area contributed by atoms with Gasteiger partial charge in [0.25, 0.3) is 5.91 Å². The van der Waals surface area contributed by atoms with Crippen LogP contribution < -0.4 is 20.5 Å². The van der Waals surface area contributed by atoms with E-state index in [2.05, 4.69) is 10.0 Å². The fourth-order valence-corrected chi connectivity index (χ4v) is 6.24. The summed E-state index contributed by atoms with van der Waals surface area (Å²) in [6.45, 7) is -0.0831. The minimum absolute atomic E-state index is 0.0804. The van der Waals surface area contributed by atoms with Gasteiger partial charge in [-0.25, -0.2) is 18.9 Å². The van der Waals surface area contributed by atoms with Gasteiger partial charge in [0.2, 0.25) is 0 Å². The first-order valence-electron chi connectivity index (χ1n) is 9.52. The van der Waals surface area contributed by atoms with Crippen molar-refractivity contribution in [3.8, 4) is 11.5 Å². The summed E-state index contributed by atoms with van der Waals surface area (Å²) in [5.41, 5.74) is 1.86. The number of ether oxygens (including phenoxy) is 2. The van der Waals surface area contributed by atoms with Crippen LogP contribution in [0.1, 0.15) is 12.0 Å². The van der Waals surface area contributed by atoms with Crippen molar-refractivity contribution < 1.29 is 36.3 Å². The van der Waals surface area contributed by atoms with Crippen molar-refractivity contribution in [2.75, 3.05) is 20.8 Å². The zero-order chi connectivity index (χ0) is 24.2. The molecule has 0 spiro atoms. The Morgan fingerprint density at radius 2 is 1.64 bits per heavy atom. The lowest BCUT2D eigenvalue weighted by atomic mass is 9.86. The molecule has 3 rings (SSSR count). The highest BCUT2D eigenvalue weighted by Crippen LogP contribution is 2.44. The number of carbonyl (C=O) groups excluding carboxylic acids is 1. The molecule has 0 aromatic heterocycles. The van der Waals surface area contributed by atoms with Gasteiger partial charge in [-0.05, 0) is 48.4 Å². The number of carbonyl (C=O) groups is 1. The lowest BCUT2D eigenvalue weighted by Gasteiger charge is -2.39. The zero-order valence-electron chi connectivity index (χ0n) is 17.6. The Bertz CT molecular complexity index is 1240. The Labute approximate surface area is 191 Å². The molecular formula is C19H22N4O8S2. The SMILES string of the molecule is COc1ccc(C2(C(=O)NO)C(S(=O)(=O)c3ccc(OC)cc3)CCN2NN=S(=O)=O)cc1. The van der Waals surface area contributed by atoms with Crippen molar-refractivity contribution in [2.24, 2.45) is 4.47 Å². The average Bonchev–Trinajstić information content (AvgIpc) is 3.23. The third-order valence-electron chi connectivity index (χ3n) is 5.48. The number of rotatable bonds is 8. The van der Waals surface area contributed by atoms with Gasteiger partial charge in [-0.1, -0.05) is 16.6 Å². The maximum atomic E-state index is 13.7. The van der Waals surface area contributed by atoms with E-state index in [0.717, 1.165) is 5.01 Å². The van der Waals surface area contributed by atoms with E-state index in [9.17, 15) is 26.8 Å². The van der Waals surface area contributed by atoms with Gasteiger partial charge < -0.3 is 9.47 Å². The molecular weight excluding hydrogens is 476 g/mol. The predicted molar refractivity (Wildman–Crippen MR) is 114 cm³/mol. The van der Waals surface area contributed by atoms with Crippen LogP contribution in [0.3, 0.4) is 0 Å². The standard InChI is InChI=1S/C19H22N4O8S2/c1-30-14-5-3-13(4-6-14)19(18(24)20-25)17(11-12-23(19)21-22-32(26)27)33(28,29)16-9-7-15(31-2)8-10-16/h3-10,17,21,25H,11-12H2,1-2H3,(H,20,24). The molecule has 2 aromatic rings. The second-order valence-electron chi connectivity index (χ2n) is 6.99. The summed E-state index contributed by atoms with van der Waals surface area (Å²) >= 11 is 0. The molecule has 0 saturated carbocycles. The Kier molecular flexibility index (Phi) is 7.34. The molecule has 2 atom stereocenters. The smallest absolute Gasteiger partial charge is 0.329 e. The summed E-state index contributed by atoms with van der Waals surface area (Å²) in [6, 6.07) is 11.6. The van der Waals surface area contributed by atoms with E-state index in [-0.39, 0.29) is 23.4 Å². The molecule has 2 unspecified atom stereocenters. The fourth-order valence-electron chi connectivity index (χ4n) is 4.00. The van der Waals surface area contributed by atoms with E-state index in [1.54, 1.807) is 0 Å². The van der Waals surface area contributed by atoms with Gasteiger partial charge in [0, 0.05) is 6.54 Å². The van der Waals surface area contributed by atoms with Gasteiger partial charge in [0.1, 0.15) is 16.7 Å². The molecule has 178 valence electrons. The van der Waals surface area contributed by atoms with Gasteiger partial charge in [-0.3, -0.25) is 10.0 Å². The molecule has 2 aromatic carbocycles. The van der Waals surface area contributed by atoms with E-state index in [1.807, 2.05) is 0 Å². The van der Waals surface area contributed by atoms with Gasteiger partial charge in [0.05, 0.1) is 19.1 Å². The molecule has 1 aliphatic heterocycles. The van der Waals surface area contributed by atoms with Crippen LogP contribution in [0.15, 0.2) is 57.9 Å². The highest BCUT2D eigenvalue weighted by atomic mass is 32.2. The zero-order valence-corrected chi connectivity index (χ0v) is 19.3. The van der Waals surface area contributed by atoms with Gasteiger partial charge >= 0.3 is 10.5 Å². The topological polar surface area (TPSA) is 164 Å². The summed E-state index contributed by atoms with van der Waals surface area (Å²) in [7, 11) is -4.22. The van der Waals surface area contributed by atoms with E-state index >= 15 is 0 Å². The Morgan fingerprint density at radius 3 is 2.12 bits per heavy atom. The monoisotopic (exact) mass is 498 g/mol. The molecule has 14 heteroatoms. The Hall–Kier alpha value is -3.04. The van der Waals surface area contributed by atoms with Crippen molar-refractivity contribution in [1.82, 2.24) is 16.0 Å². The maximum Gasteiger partial charge on any atom is 0.329 e. The second-order valence-corrected chi connectivity index (χ2v) is 9.74. The second kappa shape index (κ2) is 9.84. The maximum absolute atomic E-state index is 13.7. The first-order valence-corrected chi connectivity index (χ1v) is 12.1. The lowest BCUT2D eigenvalue weighted by molar-refractivity contribution is -0.143. The van der Waals surface area contributed by atoms with Gasteiger partial charge in [-0.2, -0.15) is 8.42 Å². The summed E-state index contributed by atoms with van der Waals surface area (Å²) in [6.07, 6.45) is -0.0815. The van der Waals surface area contributed by atoms with E-state index in [1.165, 1.54) is 68.2 Å². The summed E-state index contributed by atoms with van der Waals surface area (Å²) < 4.78 is 62.9. The number of sulfone groups is 1. The molecule has 1 aliphatic rings. The number of nitrogens with zero attached hydrogens (tertiary/aromatic N) is 2. The molecule has 1 saturated heterocycles. The Balaban J connectivity index is 2.25. The highest BCUT2D eigenvalue weighted by molar-refractivity contribution is 7.92. The van der Waals surface area contributed by atoms with E-state index in [0.29, 0.717) is 11.5 Å². The minimum Gasteiger partial charge on any atom is -0.497 e. The quantitative estimate of drug-likeness (QED) is 0.343. The summed E-state index contributed by atoms with van der Waals surface area (Å²) in [5, 5.41) is 9.24. The average molecular weight is 499 g/mol. The molecule has 0 radical (unpaired) electrons. The first kappa shape index (κ1) is 24.6. The van der Waals surface area contributed by atoms with Crippen LogP contribution in [0.4, 0.5) is 0 Å². The lowest BCUT2D eigenvalue weighted by Crippen LogP contribution is -2.62. The largest absolute Gasteiger partial charge is 0.497 e. The van der Waals surface area contributed by atoms with Crippen molar-refractivity contribution in [2.45, 2.75) is 22.1 Å². The van der Waals surface area contributed by atoms with Crippen LogP contribution in [0, 0.1) is 0 Å². The minimum atomic E-state index is -4.20. The predicted octanol–water partition coefficient (Wildman–Crippen LogP) is 0.435. The van der Waals surface area contributed by atoms with Crippen LogP contribution in [0.2, 0.25) is 0 Å². The Morgan fingerprint density at radius 1 is 1.09 bits per heavy atom. The van der Waals surface area contributed by atoms with Crippen LogP contribution >= 0.6 is 0 Å². The van der Waals surface area contributed by atoms with E-state index < -0.39 is 37.0 Å². The van der Waals surface area contributed by atoms with Crippen molar-refractivity contribution in [3.63, 3.8) is 0 Å². The number of nitrogens with one attached hydrogen (secondary N) is 2. The molecule has 33 heavy (non-hydrogen) atoms. The van der Waals surface area contributed by atoms with Crippen molar-refractivity contribution in [1.29, 1.82) is 0 Å². The summed E-state index contributed by atoms with van der Waals surface area (Å²) in [5.74, 6) is -0.211. The normalized spacial score (nSPS) is 20.8. The molecule has 1 amide bonds. The fraction of sp³-hybridized carbons (Fsp3) is 0.316. The molecule has 3 N–H and O–H groups in total. The molecule has 1 heterocycles. The van der Waals surface area contributed by atoms with E-state index in [4.69, 9.17) is 9.47 Å².